The van der Waals surface area contributed by atoms with E-state index in [1.807, 2.05) is 18.2 Å². The van der Waals surface area contributed by atoms with Gasteiger partial charge in [-0.15, -0.1) is 0 Å². The lowest BCUT2D eigenvalue weighted by Crippen LogP contribution is -2.46. The first-order valence-electron chi connectivity index (χ1n) is 11.3. The van der Waals surface area contributed by atoms with Crippen LogP contribution < -0.4 is 5.32 Å². The molecule has 4 aliphatic rings. The second-order valence-corrected chi connectivity index (χ2v) is 9.80. The highest BCUT2D eigenvalue weighted by molar-refractivity contribution is 5.90. The van der Waals surface area contributed by atoms with Gasteiger partial charge in [0.25, 0.3) is 0 Å². The second-order valence-electron chi connectivity index (χ2n) is 9.80. The molecule has 1 spiro atoms. The topological polar surface area (TPSA) is 49.4 Å². The fourth-order valence-corrected chi connectivity index (χ4v) is 5.98. The van der Waals surface area contributed by atoms with Gasteiger partial charge in [-0.05, 0) is 50.0 Å². The number of rotatable bonds is 5. The Kier molecular flexibility index (Phi) is 4.48. The number of amides is 2. The number of likely N-dealkylation sites (tertiary alicyclic amines) is 1. The molecular weight excluding hydrogens is 348 g/mol. The van der Waals surface area contributed by atoms with Gasteiger partial charge in [0.15, 0.2) is 0 Å². The van der Waals surface area contributed by atoms with E-state index in [1.165, 1.54) is 24.8 Å². The van der Waals surface area contributed by atoms with Gasteiger partial charge in [0.1, 0.15) is 0 Å². The van der Waals surface area contributed by atoms with E-state index in [9.17, 15) is 9.59 Å². The Morgan fingerprint density at radius 1 is 1.00 bits per heavy atom. The molecule has 0 radical (unpaired) electrons. The first kappa shape index (κ1) is 18.2. The van der Waals surface area contributed by atoms with Crippen LogP contribution in [0.5, 0.6) is 0 Å². The number of nitrogens with zero attached hydrogens (tertiary/aromatic N) is 1. The summed E-state index contributed by atoms with van der Waals surface area (Å²) in [6, 6.07) is 10.4. The van der Waals surface area contributed by atoms with Crippen LogP contribution in [0.25, 0.3) is 0 Å². The first-order valence-corrected chi connectivity index (χ1v) is 11.3. The third-order valence-corrected chi connectivity index (χ3v) is 8.06. The Labute approximate surface area is 168 Å². The van der Waals surface area contributed by atoms with Crippen LogP contribution in [0.4, 0.5) is 0 Å². The molecule has 5 rings (SSSR count). The molecule has 1 atom stereocenters. The summed E-state index contributed by atoms with van der Waals surface area (Å²) in [5.74, 6) is 1.15. The van der Waals surface area contributed by atoms with Crippen molar-refractivity contribution in [3.8, 4) is 0 Å². The summed E-state index contributed by atoms with van der Waals surface area (Å²) in [5.41, 5.74) is 0.840. The Bertz CT molecular complexity index is 745. The summed E-state index contributed by atoms with van der Waals surface area (Å²) < 4.78 is 0. The standard InChI is InChI=1S/C24H32N2O2/c27-21(25-15-18-9-10-18)20-16-26(17-23(20)11-6-12-23)22(28)24(13-4-5-14-24)19-7-2-1-3-8-19/h1-3,7-8,18,20H,4-6,9-17H2,(H,25,27). The molecule has 1 unspecified atom stereocenters. The van der Waals surface area contributed by atoms with Crippen LogP contribution in [0.1, 0.15) is 63.4 Å². The third-order valence-electron chi connectivity index (χ3n) is 8.06. The molecule has 1 aromatic rings. The monoisotopic (exact) mass is 380 g/mol. The SMILES string of the molecule is O=C(NCC1CC1)C1CN(C(=O)C2(c3ccccc3)CCCC2)CC12CCC2. The third kappa shape index (κ3) is 2.96. The van der Waals surface area contributed by atoms with Crippen LogP contribution in [-0.4, -0.2) is 36.3 Å². The summed E-state index contributed by atoms with van der Waals surface area (Å²) >= 11 is 0. The molecule has 150 valence electrons. The molecule has 1 aliphatic heterocycles. The molecule has 3 aliphatic carbocycles. The van der Waals surface area contributed by atoms with Crippen molar-refractivity contribution in [2.75, 3.05) is 19.6 Å². The van der Waals surface area contributed by atoms with E-state index >= 15 is 0 Å². The molecule has 28 heavy (non-hydrogen) atoms. The van der Waals surface area contributed by atoms with E-state index in [0.717, 1.165) is 51.6 Å². The highest BCUT2D eigenvalue weighted by Gasteiger charge is 2.57. The van der Waals surface area contributed by atoms with Gasteiger partial charge in [-0.25, -0.2) is 0 Å². The van der Waals surface area contributed by atoms with Crippen molar-refractivity contribution in [1.82, 2.24) is 10.2 Å². The molecule has 0 bridgehead atoms. The molecule has 4 nitrogen and oxygen atoms in total. The van der Waals surface area contributed by atoms with Gasteiger partial charge in [0.05, 0.1) is 11.3 Å². The summed E-state index contributed by atoms with van der Waals surface area (Å²) in [6.07, 6.45) is 10.00. The minimum atomic E-state index is -0.369. The van der Waals surface area contributed by atoms with E-state index in [-0.39, 0.29) is 28.6 Å². The Hall–Kier alpha value is -1.84. The number of carbonyl (C=O) groups is 2. The molecule has 4 heteroatoms. The van der Waals surface area contributed by atoms with Crippen LogP contribution in [0.3, 0.4) is 0 Å². The predicted octanol–water partition coefficient (Wildman–Crippen LogP) is 3.65. The molecule has 3 saturated carbocycles. The van der Waals surface area contributed by atoms with Gasteiger partial charge in [-0.2, -0.15) is 0 Å². The average Bonchev–Trinajstić information content (AvgIpc) is 3.23. The second kappa shape index (κ2) is 6.89. The summed E-state index contributed by atoms with van der Waals surface area (Å²) in [4.78, 5) is 28.9. The van der Waals surface area contributed by atoms with Crippen LogP contribution in [-0.2, 0) is 15.0 Å². The zero-order chi connectivity index (χ0) is 19.2. The number of hydrogen-bond donors (Lipinski definition) is 1. The van der Waals surface area contributed by atoms with Gasteiger partial charge < -0.3 is 10.2 Å². The molecule has 1 saturated heterocycles. The van der Waals surface area contributed by atoms with E-state index < -0.39 is 0 Å². The Morgan fingerprint density at radius 3 is 2.32 bits per heavy atom. The van der Waals surface area contributed by atoms with Crippen molar-refractivity contribution in [2.24, 2.45) is 17.3 Å². The summed E-state index contributed by atoms with van der Waals surface area (Å²) in [5, 5.41) is 3.20. The Balaban J connectivity index is 1.36. The minimum Gasteiger partial charge on any atom is -0.356 e. The molecule has 4 fully saturated rings. The summed E-state index contributed by atoms with van der Waals surface area (Å²) in [6.45, 7) is 2.22. The average molecular weight is 381 g/mol. The van der Waals surface area contributed by atoms with Crippen molar-refractivity contribution < 1.29 is 9.59 Å². The first-order chi connectivity index (χ1) is 13.6. The van der Waals surface area contributed by atoms with Crippen LogP contribution >= 0.6 is 0 Å². The molecule has 2 amide bonds. The fourth-order valence-electron chi connectivity index (χ4n) is 5.98. The number of carbonyl (C=O) groups excluding carboxylic acids is 2. The largest absolute Gasteiger partial charge is 0.356 e. The number of hydrogen-bond acceptors (Lipinski definition) is 2. The normalized spacial score (nSPS) is 27.6. The van der Waals surface area contributed by atoms with Crippen molar-refractivity contribution in [1.29, 1.82) is 0 Å². The van der Waals surface area contributed by atoms with Gasteiger partial charge in [0.2, 0.25) is 11.8 Å². The lowest BCUT2D eigenvalue weighted by molar-refractivity contribution is -0.137. The molecular formula is C24H32N2O2. The van der Waals surface area contributed by atoms with E-state index in [1.54, 1.807) is 0 Å². The van der Waals surface area contributed by atoms with E-state index in [4.69, 9.17) is 0 Å². The zero-order valence-corrected chi connectivity index (χ0v) is 16.8. The zero-order valence-electron chi connectivity index (χ0n) is 16.8. The molecule has 1 N–H and O–H groups in total. The van der Waals surface area contributed by atoms with Gasteiger partial charge in [-0.1, -0.05) is 49.6 Å². The van der Waals surface area contributed by atoms with Crippen LogP contribution in [0.15, 0.2) is 30.3 Å². The smallest absolute Gasteiger partial charge is 0.233 e. The van der Waals surface area contributed by atoms with Gasteiger partial charge >= 0.3 is 0 Å². The highest BCUT2D eigenvalue weighted by atomic mass is 16.2. The lowest BCUT2D eigenvalue weighted by Gasteiger charge is -2.42. The van der Waals surface area contributed by atoms with E-state index in [0.29, 0.717) is 12.5 Å². The highest BCUT2D eigenvalue weighted by Crippen LogP contribution is 2.53. The number of benzene rings is 1. The predicted molar refractivity (Wildman–Crippen MR) is 109 cm³/mol. The minimum absolute atomic E-state index is 0.0156. The van der Waals surface area contributed by atoms with Crippen LogP contribution in [0, 0.1) is 17.3 Å². The van der Waals surface area contributed by atoms with Gasteiger partial charge in [-0.3, -0.25) is 9.59 Å². The maximum atomic E-state index is 13.8. The fraction of sp³-hybridized carbons (Fsp3) is 0.667. The quantitative estimate of drug-likeness (QED) is 0.848. The van der Waals surface area contributed by atoms with Crippen molar-refractivity contribution in [3.05, 3.63) is 35.9 Å². The lowest BCUT2D eigenvalue weighted by atomic mass is 9.62. The maximum absolute atomic E-state index is 13.8. The van der Waals surface area contributed by atoms with Crippen LogP contribution in [0.2, 0.25) is 0 Å². The number of nitrogens with one attached hydrogen (secondary N) is 1. The summed E-state index contributed by atoms with van der Waals surface area (Å²) in [7, 11) is 0. The van der Waals surface area contributed by atoms with Gasteiger partial charge in [0, 0.05) is 25.0 Å². The maximum Gasteiger partial charge on any atom is 0.233 e. The van der Waals surface area contributed by atoms with Crippen molar-refractivity contribution >= 4 is 11.8 Å². The molecule has 1 aromatic carbocycles. The molecule has 1 heterocycles. The Morgan fingerprint density at radius 2 is 1.71 bits per heavy atom. The van der Waals surface area contributed by atoms with E-state index in [2.05, 4.69) is 22.3 Å². The molecule has 0 aromatic heterocycles. The van der Waals surface area contributed by atoms with Crippen molar-refractivity contribution in [3.63, 3.8) is 0 Å². The van der Waals surface area contributed by atoms with Crippen molar-refractivity contribution in [2.45, 2.75) is 63.2 Å².